The molecule has 3 rings (SSSR count). The normalized spacial score (nSPS) is 17.6. The number of aliphatic hydroxyl groups is 1. The van der Waals surface area contributed by atoms with Crippen LogP contribution in [0.1, 0.15) is 46.8 Å². The lowest BCUT2D eigenvalue weighted by Gasteiger charge is -2.33. The molecule has 172 valence electrons. The van der Waals surface area contributed by atoms with Crippen molar-refractivity contribution in [2.45, 2.75) is 57.8 Å². The van der Waals surface area contributed by atoms with Crippen LogP contribution in [-0.4, -0.2) is 53.5 Å². The van der Waals surface area contributed by atoms with Gasteiger partial charge in [-0.25, -0.2) is 9.59 Å². The van der Waals surface area contributed by atoms with E-state index < -0.39 is 6.10 Å². The highest BCUT2D eigenvalue weighted by Crippen LogP contribution is 2.21. The van der Waals surface area contributed by atoms with Gasteiger partial charge in [0.05, 0.1) is 24.9 Å². The van der Waals surface area contributed by atoms with E-state index >= 15 is 0 Å². The van der Waals surface area contributed by atoms with Crippen molar-refractivity contribution in [1.82, 2.24) is 4.90 Å². The molecule has 1 aliphatic rings. The maximum Gasteiger partial charge on any atom is 0.410 e. The lowest BCUT2D eigenvalue weighted by atomic mass is 10.1. The van der Waals surface area contributed by atoms with E-state index in [1.807, 2.05) is 56.3 Å². The van der Waals surface area contributed by atoms with E-state index in [9.17, 15) is 14.7 Å². The minimum Gasteiger partial charge on any atom is -0.459 e. The van der Waals surface area contributed by atoms with Crippen molar-refractivity contribution in [1.29, 1.82) is 0 Å². The Labute approximate surface area is 193 Å². The molecular weight excluding hydrogens is 426 g/mol. The fourth-order valence-electron chi connectivity index (χ4n) is 3.60. The topological polar surface area (TPSA) is 76.1 Å². The van der Waals surface area contributed by atoms with Crippen LogP contribution >= 0.6 is 11.3 Å². The molecule has 1 aromatic heterocycles. The molecule has 6 nitrogen and oxygen atoms in total. The Hall–Kier alpha value is -2.64. The first-order valence-corrected chi connectivity index (χ1v) is 11.9. The minimum absolute atomic E-state index is 0.0958. The second-order valence-electron chi connectivity index (χ2n) is 8.13. The molecule has 1 saturated heterocycles. The SMILES string of the molecule is CC(C)OC(=O)c1ccc(CCCN2C(=O)OCCC2C=CC(O)Cc2ccccc2)s1. The van der Waals surface area contributed by atoms with E-state index in [4.69, 9.17) is 9.47 Å². The predicted octanol–water partition coefficient (Wildman–Crippen LogP) is 4.62. The van der Waals surface area contributed by atoms with Gasteiger partial charge in [0.25, 0.3) is 0 Å². The number of esters is 1. The summed E-state index contributed by atoms with van der Waals surface area (Å²) in [6, 6.07) is 13.5. The average Bonchev–Trinajstić information content (AvgIpc) is 3.23. The van der Waals surface area contributed by atoms with Gasteiger partial charge >= 0.3 is 12.1 Å². The molecule has 32 heavy (non-hydrogen) atoms. The van der Waals surface area contributed by atoms with Gasteiger partial charge in [-0.2, -0.15) is 0 Å². The number of nitrogens with zero attached hydrogens (tertiary/aromatic N) is 1. The third-order valence-corrected chi connectivity index (χ3v) is 6.27. The van der Waals surface area contributed by atoms with Gasteiger partial charge in [-0.1, -0.05) is 42.5 Å². The highest BCUT2D eigenvalue weighted by atomic mass is 32.1. The first kappa shape index (κ1) is 24.0. The second-order valence-corrected chi connectivity index (χ2v) is 9.30. The van der Waals surface area contributed by atoms with Gasteiger partial charge in [0, 0.05) is 24.3 Å². The quantitative estimate of drug-likeness (QED) is 0.416. The lowest BCUT2D eigenvalue weighted by Crippen LogP contribution is -2.45. The van der Waals surface area contributed by atoms with Gasteiger partial charge in [-0.05, 0) is 44.4 Å². The second kappa shape index (κ2) is 11.8. The Morgan fingerprint density at radius 1 is 1.28 bits per heavy atom. The van der Waals surface area contributed by atoms with Crippen molar-refractivity contribution in [2.24, 2.45) is 0 Å². The number of aliphatic hydroxyl groups excluding tert-OH is 1. The summed E-state index contributed by atoms with van der Waals surface area (Å²) in [5.74, 6) is -0.296. The van der Waals surface area contributed by atoms with Crippen molar-refractivity contribution in [2.75, 3.05) is 13.2 Å². The van der Waals surface area contributed by atoms with E-state index in [-0.39, 0.29) is 24.2 Å². The van der Waals surface area contributed by atoms with Crippen LogP contribution in [0.4, 0.5) is 4.79 Å². The molecule has 2 atom stereocenters. The van der Waals surface area contributed by atoms with E-state index in [1.165, 1.54) is 11.3 Å². The van der Waals surface area contributed by atoms with E-state index in [2.05, 4.69) is 0 Å². The lowest BCUT2D eigenvalue weighted by molar-refractivity contribution is 0.0383. The van der Waals surface area contributed by atoms with Gasteiger partial charge < -0.3 is 19.5 Å². The first-order chi connectivity index (χ1) is 15.4. The molecule has 1 amide bonds. The number of carbonyl (C=O) groups is 2. The van der Waals surface area contributed by atoms with Crippen molar-refractivity contribution >= 4 is 23.4 Å². The zero-order chi connectivity index (χ0) is 22.9. The van der Waals surface area contributed by atoms with Crippen LogP contribution in [0, 0.1) is 0 Å². The Balaban J connectivity index is 1.51. The zero-order valence-corrected chi connectivity index (χ0v) is 19.4. The van der Waals surface area contributed by atoms with E-state index in [1.54, 1.807) is 17.0 Å². The van der Waals surface area contributed by atoms with Gasteiger partial charge in [0.1, 0.15) is 4.88 Å². The predicted molar refractivity (Wildman–Crippen MR) is 125 cm³/mol. The van der Waals surface area contributed by atoms with Crippen LogP contribution in [0.5, 0.6) is 0 Å². The van der Waals surface area contributed by atoms with Gasteiger partial charge in [0.15, 0.2) is 0 Å². The van der Waals surface area contributed by atoms with Crippen molar-refractivity contribution in [3.05, 3.63) is 69.9 Å². The number of benzene rings is 1. The molecular formula is C25H31NO5S. The molecule has 7 heteroatoms. The van der Waals surface area contributed by atoms with Crippen LogP contribution in [0.15, 0.2) is 54.6 Å². The maximum atomic E-state index is 12.3. The van der Waals surface area contributed by atoms with Crippen molar-refractivity contribution in [3.8, 4) is 0 Å². The van der Waals surface area contributed by atoms with E-state index in [0.717, 1.165) is 23.3 Å². The van der Waals surface area contributed by atoms with E-state index in [0.29, 0.717) is 30.9 Å². The Bertz CT molecular complexity index is 908. The van der Waals surface area contributed by atoms with Gasteiger partial charge in [-0.3, -0.25) is 0 Å². The van der Waals surface area contributed by atoms with Crippen LogP contribution in [0.25, 0.3) is 0 Å². The number of carbonyl (C=O) groups excluding carboxylic acids is 2. The molecule has 1 aliphatic heterocycles. The molecule has 0 bridgehead atoms. The molecule has 2 aromatic rings. The first-order valence-electron chi connectivity index (χ1n) is 11.1. The smallest absolute Gasteiger partial charge is 0.410 e. The highest BCUT2D eigenvalue weighted by molar-refractivity contribution is 7.13. The average molecular weight is 458 g/mol. The number of rotatable bonds is 10. The Morgan fingerprint density at radius 3 is 2.81 bits per heavy atom. The van der Waals surface area contributed by atoms with Gasteiger partial charge in [0.2, 0.25) is 0 Å². The summed E-state index contributed by atoms with van der Waals surface area (Å²) in [6.07, 6.45) is 5.37. The molecule has 1 N–H and O–H groups in total. The van der Waals surface area contributed by atoms with Crippen LogP contribution in [0.3, 0.4) is 0 Å². The van der Waals surface area contributed by atoms with Crippen LogP contribution < -0.4 is 0 Å². The summed E-state index contributed by atoms with van der Waals surface area (Å²) in [6.45, 7) is 4.59. The number of ether oxygens (including phenoxy) is 2. The summed E-state index contributed by atoms with van der Waals surface area (Å²) >= 11 is 1.43. The molecule has 0 saturated carbocycles. The summed E-state index contributed by atoms with van der Waals surface area (Å²) in [7, 11) is 0. The Kier molecular flexibility index (Phi) is 8.88. The number of aryl methyl sites for hydroxylation is 1. The minimum atomic E-state index is -0.604. The monoisotopic (exact) mass is 457 g/mol. The molecule has 0 aliphatic carbocycles. The zero-order valence-electron chi connectivity index (χ0n) is 18.6. The number of cyclic esters (lactones) is 1. The van der Waals surface area contributed by atoms with Crippen molar-refractivity contribution < 1.29 is 24.2 Å². The molecule has 0 spiro atoms. The molecule has 0 radical (unpaired) electrons. The number of hydrogen-bond acceptors (Lipinski definition) is 6. The van der Waals surface area contributed by atoms with Crippen molar-refractivity contribution in [3.63, 3.8) is 0 Å². The molecule has 2 unspecified atom stereocenters. The summed E-state index contributed by atoms with van der Waals surface area (Å²) in [4.78, 5) is 27.7. The fraction of sp³-hybridized carbons (Fsp3) is 0.440. The fourth-order valence-corrected chi connectivity index (χ4v) is 4.53. The van der Waals surface area contributed by atoms with Crippen LogP contribution in [0.2, 0.25) is 0 Å². The summed E-state index contributed by atoms with van der Waals surface area (Å²) < 4.78 is 10.5. The summed E-state index contributed by atoms with van der Waals surface area (Å²) in [5.41, 5.74) is 1.07. The maximum absolute atomic E-state index is 12.3. The standard InChI is InChI=1S/C25H31NO5S/c1-18(2)31-24(28)23-13-12-22(32-23)9-6-15-26-20(14-16-30-25(26)29)10-11-21(27)17-19-7-4-3-5-8-19/h3-5,7-8,10-13,18,20-21,27H,6,9,14-17H2,1-2H3. The molecule has 2 heterocycles. The van der Waals surface area contributed by atoms with Crippen LogP contribution in [-0.2, 0) is 22.3 Å². The molecule has 1 fully saturated rings. The third kappa shape index (κ3) is 7.21. The third-order valence-electron chi connectivity index (χ3n) is 5.14. The highest BCUT2D eigenvalue weighted by Gasteiger charge is 2.27. The van der Waals surface area contributed by atoms with Gasteiger partial charge in [-0.15, -0.1) is 11.3 Å². The number of hydrogen-bond donors (Lipinski definition) is 1. The summed E-state index contributed by atoms with van der Waals surface area (Å²) in [5, 5.41) is 10.4. The number of amides is 1. The number of thiophene rings is 1. The largest absolute Gasteiger partial charge is 0.459 e. The molecule has 1 aromatic carbocycles. The Morgan fingerprint density at radius 2 is 2.06 bits per heavy atom.